The molecule has 1 rings (SSSR count). The molecule has 0 aliphatic carbocycles. The predicted molar refractivity (Wildman–Crippen MR) is 45.2 cm³/mol. The fraction of sp³-hybridized carbons (Fsp3) is 0.333. The quantitative estimate of drug-likeness (QED) is 0.627. The number of carbonyl (C=O) groups is 1. The number of aromatic nitrogens is 1. The van der Waals surface area contributed by atoms with Crippen molar-refractivity contribution in [2.24, 2.45) is 0 Å². The number of methoxy groups -OCH3 is 1. The summed E-state index contributed by atoms with van der Waals surface area (Å²) in [5.74, 6) is 0. The summed E-state index contributed by atoms with van der Waals surface area (Å²) < 4.78 is 4.89. The number of rotatable bonds is 4. The molecule has 1 aromatic heterocycles. The van der Waals surface area contributed by atoms with Crippen molar-refractivity contribution in [3.05, 3.63) is 29.6 Å². The minimum absolute atomic E-state index is 0.608. The molecule has 0 aliphatic rings. The fourth-order valence-electron chi connectivity index (χ4n) is 0.860. The summed E-state index contributed by atoms with van der Waals surface area (Å²) >= 11 is 0. The van der Waals surface area contributed by atoms with E-state index >= 15 is 0 Å². The van der Waals surface area contributed by atoms with Gasteiger partial charge in [0, 0.05) is 31.0 Å². The molecule has 64 valence electrons. The van der Waals surface area contributed by atoms with Crippen LogP contribution in [0.1, 0.15) is 16.1 Å². The van der Waals surface area contributed by atoms with Crippen LogP contribution in [0.2, 0.25) is 0 Å². The average Bonchev–Trinajstić information content (AvgIpc) is 2.15. The first-order valence-corrected chi connectivity index (χ1v) is 3.76. The molecule has 3 nitrogen and oxygen atoms in total. The summed E-state index contributed by atoms with van der Waals surface area (Å²) in [6.45, 7) is 0.660. The van der Waals surface area contributed by atoms with Crippen molar-refractivity contribution in [3.63, 3.8) is 0 Å². The first-order valence-electron chi connectivity index (χ1n) is 3.76. The summed E-state index contributed by atoms with van der Waals surface area (Å²) in [5, 5.41) is 0. The Morgan fingerprint density at radius 1 is 1.58 bits per heavy atom. The lowest BCUT2D eigenvalue weighted by atomic mass is 10.2. The minimum Gasteiger partial charge on any atom is -0.384 e. The third-order valence-corrected chi connectivity index (χ3v) is 1.55. The zero-order valence-corrected chi connectivity index (χ0v) is 6.99. The maximum absolute atomic E-state index is 10.3. The van der Waals surface area contributed by atoms with E-state index in [1.54, 1.807) is 19.4 Å². The highest BCUT2D eigenvalue weighted by Gasteiger charge is 1.94. The van der Waals surface area contributed by atoms with Gasteiger partial charge in [-0.25, -0.2) is 0 Å². The molecule has 0 bridgehead atoms. The zero-order chi connectivity index (χ0) is 8.81. The van der Waals surface area contributed by atoms with Crippen molar-refractivity contribution < 1.29 is 9.53 Å². The maximum Gasteiger partial charge on any atom is 0.151 e. The molecule has 0 amide bonds. The van der Waals surface area contributed by atoms with Gasteiger partial charge in [-0.1, -0.05) is 0 Å². The Balaban J connectivity index is 2.58. The van der Waals surface area contributed by atoms with Crippen LogP contribution in [0.3, 0.4) is 0 Å². The number of aldehydes is 1. The Bertz CT molecular complexity index is 243. The Morgan fingerprint density at radius 3 is 2.92 bits per heavy atom. The van der Waals surface area contributed by atoms with Crippen molar-refractivity contribution in [1.82, 2.24) is 4.98 Å². The van der Waals surface area contributed by atoms with Crippen LogP contribution in [0.5, 0.6) is 0 Å². The van der Waals surface area contributed by atoms with Gasteiger partial charge in [0.1, 0.15) is 0 Å². The largest absolute Gasteiger partial charge is 0.384 e. The molecular weight excluding hydrogens is 154 g/mol. The van der Waals surface area contributed by atoms with Crippen molar-refractivity contribution in [2.75, 3.05) is 13.7 Å². The number of hydrogen-bond acceptors (Lipinski definition) is 3. The predicted octanol–water partition coefficient (Wildman–Crippen LogP) is 1.08. The van der Waals surface area contributed by atoms with E-state index in [1.807, 2.05) is 6.07 Å². The SMILES string of the molecule is COCCc1ccc(C=O)cn1. The van der Waals surface area contributed by atoms with Gasteiger partial charge in [0.15, 0.2) is 6.29 Å². The van der Waals surface area contributed by atoms with E-state index in [9.17, 15) is 4.79 Å². The average molecular weight is 165 g/mol. The summed E-state index contributed by atoms with van der Waals surface area (Å²) in [5.41, 5.74) is 1.55. The smallest absolute Gasteiger partial charge is 0.151 e. The standard InChI is InChI=1S/C9H11NO2/c1-12-5-4-9-3-2-8(7-11)6-10-9/h2-3,6-7H,4-5H2,1H3. The monoisotopic (exact) mass is 165 g/mol. The van der Waals surface area contributed by atoms with Crippen LogP contribution >= 0.6 is 0 Å². The van der Waals surface area contributed by atoms with Crippen LogP contribution in [-0.4, -0.2) is 25.0 Å². The van der Waals surface area contributed by atoms with E-state index < -0.39 is 0 Å². The Morgan fingerprint density at radius 2 is 2.42 bits per heavy atom. The Kier molecular flexibility index (Phi) is 3.41. The number of nitrogens with zero attached hydrogens (tertiary/aromatic N) is 1. The van der Waals surface area contributed by atoms with E-state index in [2.05, 4.69) is 4.98 Å². The van der Waals surface area contributed by atoms with Gasteiger partial charge in [0.05, 0.1) is 6.61 Å². The van der Waals surface area contributed by atoms with Crippen LogP contribution in [0.15, 0.2) is 18.3 Å². The van der Waals surface area contributed by atoms with Crippen LogP contribution in [0, 0.1) is 0 Å². The minimum atomic E-state index is 0.608. The maximum atomic E-state index is 10.3. The van der Waals surface area contributed by atoms with Crippen molar-refractivity contribution >= 4 is 6.29 Å². The summed E-state index contributed by atoms with van der Waals surface area (Å²) in [7, 11) is 1.65. The second-order valence-corrected chi connectivity index (χ2v) is 2.44. The fourth-order valence-corrected chi connectivity index (χ4v) is 0.860. The van der Waals surface area contributed by atoms with Gasteiger partial charge in [-0.2, -0.15) is 0 Å². The van der Waals surface area contributed by atoms with Crippen LogP contribution in [0.4, 0.5) is 0 Å². The zero-order valence-electron chi connectivity index (χ0n) is 6.99. The summed E-state index contributed by atoms with van der Waals surface area (Å²) in [6.07, 6.45) is 3.14. The molecule has 12 heavy (non-hydrogen) atoms. The van der Waals surface area contributed by atoms with Gasteiger partial charge in [0.25, 0.3) is 0 Å². The van der Waals surface area contributed by atoms with Gasteiger partial charge in [0.2, 0.25) is 0 Å². The third kappa shape index (κ3) is 2.43. The lowest BCUT2D eigenvalue weighted by Crippen LogP contribution is -1.97. The van der Waals surface area contributed by atoms with Gasteiger partial charge >= 0.3 is 0 Å². The first kappa shape index (κ1) is 8.87. The molecule has 0 aromatic carbocycles. The highest BCUT2D eigenvalue weighted by atomic mass is 16.5. The molecule has 1 heterocycles. The van der Waals surface area contributed by atoms with E-state index in [4.69, 9.17) is 4.74 Å². The van der Waals surface area contributed by atoms with Crippen molar-refractivity contribution in [1.29, 1.82) is 0 Å². The molecular formula is C9H11NO2. The molecule has 0 N–H and O–H groups in total. The molecule has 0 spiro atoms. The Labute approximate surface area is 71.4 Å². The number of pyridine rings is 1. The number of carbonyl (C=O) groups excluding carboxylic acids is 1. The van der Waals surface area contributed by atoms with E-state index in [0.29, 0.717) is 12.2 Å². The topological polar surface area (TPSA) is 39.2 Å². The molecule has 0 fully saturated rings. The highest BCUT2D eigenvalue weighted by Crippen LogP contribution is 1.98. The molecule has 0 aliphatic heterocycles. The van der Waals surface area contributed by atoms with Crippen LogP contribution in [-0.2, 0) is 11.2 Å². The summed E-state index contributed by atoms with van der Waals surface area (Å²) in [6, 6.07) is 3.59. The third-order valence-electron chi connectivity index (χ3n) is 1.55. The van der Waals surface area contributed by atoms with E-state index in [-0.39, 0.29) is 0 Å². The second-order valence-electron chi connectivity index (χ2n) is 2.44. The van der Waals surface area contributed by atoms with Crippen molar-refractivity contribution in [3.8, 4) is 0 Å². The van der Waals surface area contributed by atoms with Gasteiger partial charge < -0.3 is 4.74 Å². The molecule has 0 atom stereocenters. The molecule has 0 unspecified atom stereocenters. The van der Waals surface area contributed by atoms with Crippen LogP contribution < -0.4 is 0 Å². The molecule has 0 radical (unpaired) electrons. The normalized spacial score (nSPS) is 9.75. The molecule has 0 saturated carbocycles. The van der Waals surface area contributed by atoms with Crippen LogP contribution in [0.25, 0.3) is 0 Å². The van der Waals surface area contributed by atoms with Gasteiger partial charge in [-0.3, -0.25) is 9.78 Å². The highest BCUT2D eigenvalue weighted by molar-refractivity contribution is 5.73. The number of hydrogen-bond donors (Lipinski definition) is 0. The second kappa shape index (κ2) is 4.62. The van der Waals surface area contributed by atoms with E-state index in [0.717, 1.165) is 18.4 Å². The van der Waals surface area contributed by atoms with Gasteiger partial charge in [-0.15, -0.1) is 0 Å². The van der Waals surface area contributed by atoms with Crippen molar-refractivity contribution in [2.45, 2.75) is 6.42 Å². The molecule has 1 aromatic rings. The number of ether oxygens (including phenoxy) is 1. The van der Waals surface area contributed by atoms with Gasteiger partial charge in [-0.05, 0) is 12.1 Å². The molecule has 0 saturated heterocycles. The lowest BCUT2D eigenvalue weighted by Gasteiger charge is -1.98. The Hall–Kier alpha value is -1.22. The summed E-state index contributed by atoms with van der Waals surface area (Å²) in [4.78, 5) is 14.3. The first-order chi connectivity index (χ1) is 5.86. The molecule has 3 heteroatoms. The van der Waals surface area contributed by atoms with E-state index in [1.165, 1.54) is 0 Å². The lowest BCUT2D eigenvalue weighted by molar-refractivity contribution is 0.112.